The zero-order valence-corrected chi connectivity index (χ0v) is 12.7. The van der Waals surface area contributed by atoms with Gasteiger partial charge < -0.3 is 20.1 Å². The van der Waals surface area contributed by atoms with Gasteiger partial charge in [-0.05, 0) is 18.8 Å². The van der Waals surface area contributed by atoms with Crippen molar-refractivity contribution in [3.63, 3.8) is 0 Å². The molecule has 2 heterocycles. The summed E-state index contributed by atoms with van der Waals surface area (Å²) in [5.74, 6) is 1.06. The average Bonchev–Trinajstić information content (AvgIpc) is 2.46. The molecule has 0 aliphatic carbocycles. The van der Waals surface area contributed by atoms with E-state index in [0.29, 0.717) is 24.9 Å². The van der Waals surface area contributed by atoms with E-state index in [0.717, 1.165) is 39.1 Å². The first-order chi connectivity index (χ1) is 9.66. The number of hydrogen-bond donors (Lipinski definition) is 2. The van der Waals surface area contributed by atoms with Gasteiger partial charge in [0.2, 0.25) is 5.91 Å². The van der Waals surface area contributed by atoms with E-state index in [2.05, 4.69) is 24.5 Å². The first-order valence-corrected chi connectivity index (χ1v) is 7.86. The third-order valence-electron chi connectivity index (χ3n) is 4.14. The minimum atomic E-state index is 0.112. The number of amides is 1. The molecule has 116 valence electrons. The van der Waals surface area contributed by atoms with Gasteiger partial charge in [0.15, 0.2) is 0 Å². The summed E-state index contributed by atoms with van der Waals surface area (Å²) >= 11 is 0. The van der Waals surface area contributed by atoms with E-state index in [1.54, 1.807) is 0 Å². The summed E-state index contributed by atoms with van der Waals surface area (Å²) in [5.41, 5.74) is 0. The largest absolute Gasteiger partial charge is 0.378 e. The first kappa shape index (κ1) is 15.7. The van der Waals surface area contributed by atoms with E-state index in [1.807, 2.05) is 0 Å². The van der Waals surface area contributed by atoms with Crippen molar-refractivity contribution >= 4 is 5.91 Å². The van der Waals surface area contributed by atoms with Crippen molar-refractivity contribution < 1.29 is 14.3 Å². The van der Waals surface area contributed by atoms with Crippen molar-refractivity contribution in [3.05, 3.63) is 0 Å². The van der Waals surface area contributed by atoms with Gasteiger partial charge in [0.05, 0.1) is 19.3 Å². The van der Waals surface area contributed by atoms with Crippen molar-refractivity contribution in [3.8, 4) is 0 Å². The predicted molar refractivity (Wildman–Crippen MR) is 77.5 cm³/mol. The maximum absolute atomic E-state index is 12.0. The van der Waals surface area contributed by atoms with Crippen molar-refractivity contribution in [1.29, 1.82) is 0 Å². The van der Waals surface area contributed by atoms with Crippen LogP contribution in [0.25, 0.3) is 0 Å². The van der Waals surface area contributed by atoms with E-state index in [9.17, 15) is 4.79 Å². The Hall–Kier alpha value is -0.650. The summed E-state index contributed by atoms with van der Waals surface area (Å²) in [7, 11) is 0. The molecule has 5 heteroatoms. The van der Waals surface area contributed by atoms with Crippen LogP contribution in [0, 0.1) is 11.8 Å². The lowest BCUT2D eigenvalue weighted by Gasteiger charge is -2.34. The highest BCUT2D eigenvalue weighted by Crippen LogP contribution is 2.25. The lowest BCUT2D eigenvalue weighted by atomic mass is 9.87. The van der Waals surface area contributed by atoms with Crippen LogP contribution in [0.1, 0.15) is 33.1 Å². The standard InChI is InChI=1S/C15H28N2O3/c1-11(2)15-12(4-3-6-20-15)9-17-14(18)8-13-10-19-7-5-16-13/h11-13,15-16H,3-10H2,1-2H3,(H,17,18). The summed E-state index contributed by atoms with van der Waals surface area (Å²) in [4.78, 5) is 12.0. The summed E-state index contributed by atoms with van der Waals surface area (Å²) in [5, 5.41) is 6.37. The Morgan fingerprint density at radius 2 is 2.25 bits per heavy atom. The van der Waals surface area contributed by atoms with Gasteiger partial charge in [-0.15, -0.1) is 0 Å². The fourth-order valence-electron chi connectivity index (χ4n) is 3.11. The fourth-order valence-corrected chi connectivity index (χ4v) is 3.11. The highest BCUT2D eigenvalue weighted by atomic mass is 16.5. The number of ether oxygens (including phenoxy) is 2. The second-order valence-electron chi connectivity index (χ2n) is 6.22. The highest BCUT2D eigenvalue weighted by Gasteiger charge is 2.29. The predicted octanol–water partition coefficient (Wildman–Crippen LogP) is 0.932. The number of hydrogen-bond acceptors (Lipinski definition) is 4. The van der Waals surface area contributed by atoms with Crippen LogP contribution in [0.15, 0.2) is 0 Å². The Labute approximate surface area is 121 Å². The van der Waals surface area contributed by atoms with Crippen molar-refractivity contribution in [2.45, 2.75) is 45.3 Å². The second kappa shape index (κ2) is 7.96. The molecule has 2 rings (SSSR count). The molecule has 2 aliphatic rings. The molecule has 0 spiro atoms. The molecule has 20 heavy (non-hydrogen) atoms. The molecule has 0 saturated carbocycles. The van der Waals surface area contributed by atoms with Crippen molar-refractivity contribution in [1.82, 2.24) is 10.6 Å². The van der Waals surface area contributed by atoms with Crippen LogP contribution in [-0.2, 0) is 14.3 Å². The zero-order valence-electron chi connectivity index (χ0n) is 12.7. The van der Waals surface area contributed by atoms with Crippen LogP contribution in [-0.4, -0.2) is 51.0 Å². The molecule has 2 fully saturated rings. The Balaban J connectivity index is 1.71. The van der Waals surface area contributed by atoms with Crippen LogP contribution in [0.3, 0.4) is 0 Å². The first-order valence-electron chi connectivity index (χ1n) is 7.86. The van der Waals surface area contributed by atoms with Gasteiger partial charge in [-0.1, -0.05) is 13.8 Å². The van der Waals surface area contributed by atoms with Gasteiger partial charge in [0.1, 0.15) is 0 Å². The van der Waals surface area contributed by atoms with Crippen LogP contribution >= 0.6 is 0 Å². The van der Waals surface area contributed by atoms with Crippen molar-refractivity contribution in [2.24, 2.45) is 11.8 Å². The molecule has 2 aliphatic heterocycles. The monoisotopic (exact) mass is 284 g/mol. The quantitative estimate of drug-likeness (QED) is 0.788. The van der Waals surface area contributed by atoms with E-state index in [1.165, 1.54) is 0 Å². The third kappa shape index (κ3) is 4.72. The molecular formula is C15H28N2O3. The van der Waals surface area contributed by atoms with E-state index in [-0.39, 0.29) is 18.1 Å². The van der Waals surface area contributed by atoms with Gasteiger partial charge in [-0.2, -0.15) is 0 Å². The lowest BCUT2D eigenvalue weighted by Crippen LogP contribution is -2.46. The van der Waals surface area contributed by atoms with Gasteiger partial charge >= 0.3 is 0 Å². The Morgan fingerprint density at radius 1 is 1.40 bits per heavy atom. The van der Waals surface area contributed by atoms with Gasteiger partial charge in [0, 0.05) is 38.1 Å². The Kier molecular flexibility index (Phi) is 6.26. The molecular weight excluding hydrogens is 256 g/mol. The van der Waals surface area contributed by atoms with Crippen molar-refractivity contribution in [2.75, 3.05) is 32.9 Å². The minimum absolute atomic E-state index is 0.112. The number of morpholine rings is 1. The van der Waals surface area contributed by atoms with Crippen LogP contribution in [0.2, 0.25) is 0 Å². The lowest BCUT2D eigenvalue weighted by molar-refractivity contribution is -0.123. The van der Waals surface area contributed by atoms with E-state index >= 15 is 0 Å². The molecule has 3 unspecified atom stereocenters. The molecule has 3 atom stereocenters. The molecule has 2 saturated heterocycles. The summed E-state index contributed by atoms with van der Waals surface area (Å²) in [6.45, 7) is 8.18. The molecule has 0 aromatic heterocycles. The fraction of sp³-hybridized carbons (Fsp3) is 0.933. The average molecular weight is 284 g/mol. The zero-order chi connectivity index (χ0) is 14.4. The van der Waals surface area contributed by atoms with Crippen LogP contribution in [0.4, 0.5) is 0 Å². The molecule has 0 aromatic carbocycles. The maximum Gasteiger partial charge on any atom is 0.221 e. The molecule has 0 aromatic rings. The highest BCUT2D eigenvalue weighted by molar-refractivity contribution is 5.76. The molecule has 0 bridgehead atoms. The van der Waals surface area contributed by atoms with Crippen LogP contribution in [0.5, 0.6) is 0 Å². The number of rotatable bonds is 5. The SMILES string of the molecule is CC(C)C1OCCCC1CNC(=O)CC1COCCN1. The second-order valence-corrected chi connectivity index (χ2v) is 6.22. The summed E-state index contributed by atoms with van der Waals surface area (Å²) in [6.07, 6.45) is 3.02. The minimum Gasteiger partial charge on any atom is -0.378 e. The van der Waals surface area contributed by atoms with Gasteiger partial charge in [-0.3, -0.25) is 4.79 Å². The molecule has 5 nitrogen and oxygen atoms in total. The summed E-state index contributed by atoms with van der Waals surface area (Å²) in [6, 6.07) is 0.159. The number of carbonyl (C=O) groups excluding carboxylic acids is 1. The van der Waals surface area contributed by atoms with Gasteiger partial charge in [0.25, 0.3) is 0 Å². The van der Waals surface area contributed by atoms with Crippen LogP contribution < -0.4 is 10.6 Å². The topological polar surface area (TPSA) is 59.6 Å². The molecule has 2 N–H and O–H groups in total. The third-order valence-corrected chi connectivity index (χ3v) is 4.14. The number of carbonyl (C=O) groups is 1. The normalized spacial score (nSPS) is 31.2. The van der Waals surface area contributed by atoms with E-state index in [4.69, 9.17) is 9.47 Å². The smallest absolute Gasteiger partial charge is 0.221 e. The van der Waals surface area contributed by atoms with Gasteiger partial charge in [-0.25, -0.2) is 0 Å². The molecule has 1 amide bonds. The Bertz CT molecular complexity index is 303. The number of nitrogens with one attached hydrogen (secondary N) is 2. The summed E-state index contributed by atoms with van der Waals surface area (Å²) < 4.78 is 11.2. The maximum atomic E-state index is 12.0. The molecule has 0 radical (unpaired) electrons. The van der Waals surface area contributed by atoms with E-state index < -0.39 is 0 Å². The Morgan fingerprint density at radius 3 is 2.95 bits per heavy atom.